The molecule has 0 saturated heterocycles. The summed E-state index contributed by atoms with van der Waals surface area (Å²) in [6.45, 7) is 6.07. The van der Waals surface area contributed by atoms with Crippen LogP contribution >= 0.6 is 15.9 Å². The number of benzene rings is 1. The molecule has 0 unspecified atom stereocenters. The van der Waals surface area contributed by atoms with Crippen LogP contribution in [0.3, 0.4) is 0 Å². The smallest absolute Gasteiger partial charge is 0.256 e. The molecule has 0 saturated carbocycles. The highest BCUT2D eigenvalue weighted by atomic mass is 79.9. The van der Waals surface area contributed by atoms with Crippen LogP contribution in [0.4, 0.5) is 5.82 Å². The lowest BCUT2D eigenvalue weighted by Crippen LogP contribution is -2.12. The SMILES string of the molecule is CC.CCc1ccnc(NC(=O)c2ccc(Br)cc2)c1. The van der Waals surface area contributed by atoms with Crippen molar-refractivity contribution in [2.45, 2.75) is 27.2 Å². The van der Waals surface area contributed by atoms with Crippen molar-refractivity contribution in [2.75, 3.05) is 5.32 Å². The number of carbonyl (C=O) groups is 1. The van der Waals surface area contributed by atoms with Crippen LogP contribution < -0.4 is 5.32 Å². The van der Waals surface area contributed by atoms with Gasteiger partial charge in [-0.05, 0) is 48.4 Å². The number of hydrogen-bond acceptors (Lipinski definition) is 2. The zero-order valence-electron chi connectivity index (χ0n) is 12.0. The number of anilines is 1. The number of nitrogens with zero attached hydrogens (tertiary/aromatic N) is 1. The number of hydrogen-bond donors (Lipinski definition) is 1. The highest BCUT2D eigenvalue weighted by Gasteiger charge is 2.06. The fraction of sp³-hybridized carbons (Fsp3) is 0.250. The summed E-state index contributed by atoms with van der Waals surface area (Å²) in [5.74, 6) is 0.436. The molecule has 20 heavy (non-hydrogen) atoms. The number of amides is 1. The van der Waals surface area contributed by atoms with E-state index < -0.39 is 0 Å². The molecule has 0 atom stereocenters. The van der Waals surface area contributed by atoms with Gasteiger partial charge < -0.3 is 5.32 Å². The summed E-state index contributed by atoms with van der Waals surface area (Å²) in [4.78, 5) is 16.1. The van der Waals surface area contributed by atoms with E-state index in [1.807, 2.05) is 38.1 Å². The molecule has 0 fully saturated rings. The molecule has 106 valence electrons. The number of nitrogens with one attached hydrogen (secondary N) is 1. The van der Waals surface area contributed by atoms with Gasteiger partial charge in [0.05, 0.1) is 0 Å². The Hall–Kier alpha value is -1.68. The Morgan fingerprint density at radius 1 is 1.20 bits per heavy atom. The standard InChI is InChI=1S/C14H13BrN2O.C2H6/c1-2-10-7-8-16-13(9-10)17-14(18)11-3-5-12(15)6-4-11;1-2/h3-9H,2H2,1H3,(H,16,17,18);1-2H3. The van der Waals surface area contributed by atoms with E-state index in [2.05, 4.69) is 33.2 Å². The van der Waals surface area contributed by atoms with Gasteiger partial charge in [0.25, 0.3) is 5.91 Å². The van der Waals surface area contributed by atoms with Crippen LogP contribution in [0, 0.1) is 0 Å². The van der Waals surface area contributed by atoms with Gasteiger partial charge in [0.1, 0.15) is 5.82 Å². The summed E-state index contributed by atoms with van der Waals surface area (Å²) >= 11 is 3.34. The summed E-state index contributed by atoms with van der Waals surface area (Å²) in [6, 6.07) is 11.0. The van der Waals surface area contributed by atoms with Crippen LogP contribution in [0.5, 0.6) is 0 Å². The Morgan fingerprint density at radius 3 is 2.45 bits per heavy atom. The first-order valence-corrected chi connectivity index (χ1v) is 7.50. The Balaban J connectivity index is 0.000000956. The summed E-state index contributed by atoms with van der Waals surface area (Å²) in [5.41, 5.74) is 1.76. The number of aryl methyl sites for hydroxylation is 1. The van der Waals surface area contributed by atoms with Crippen molar-refractivity contribution < 1.29 is 4.79 Å². The van der Waals surface area contributed by atoms with Crippen LogP contribution in [0.15, 0.2) is 47.1 Å². The summed E-state index contributed by atoms with van der Waals surface area (Å²) in [7, 11) is 0. The molecule has 0 bridgehead atoms. The summed E-state index contributed by atoms with van der Waals surface area (Å²) in [5, 5.41) is 2.79. The number of aromatic nitrogens is 1. The fourth-order valence-electron chi connectivity index (χ4n) is 1.55. The second-order valence-corrected chi connectivity index (χ2v) is 4.78. The van der Waals surface area contributed by atoms with Crippen molar-refractivity contribution in [3.05, 3.63) is 58.2 Å². The third-order valence-corrected chi connectivity index (χ3v) is 3.11. The molecule has 1 N–H and O–H groups in total. The number of halogens is 1. The maximum absolute atomic E-state index is 12.0. The minimum atomic E-state index is -0.150. The molecule has 2 aromatic rings. The van der Waals surface area contributed by atoms with Crippen molar-refractivity contribution in [1.29, 1.82) is 0 Å². The number of rotatable bonds is 3. The van der Waals surface area contributed by atoms with Crippen molar-refractivity contribution in [3.63, 3.8) is 0 Å². The Kier molecular flexibility index (Phi) is 6.94. The van der Waals surface area contributed by atoms with E-state index in [1.54, 1.807) is 18.3 Å². The normalized spacial score (nSPS) is 9.40. The predicted octanol–water partition coefficient (Wildman–Crippen LogP) is 4.69. The van der Waals surface area contributed by atoms with Gasteiger partial charge in [-0.15, -0.1) is 0 Å². The number of pyridine rings is 1. The largest absolute Gasteiger partial charge is 0.307 e. The van der Waals surface area contributed by atoms with Crippen LogP contribution in [-0.2, 0) is 6.42 Å². The highest BCUT2D eigenvalue weighted by Crippen LogP contribution is 2.13. The molecule has 0 radical (unpaired) electrons. The van der Waals surface area contributed by atoms with Crippen molar-refractivity contribution in [1.82, 2.24) is 4.98 Å². The van der Waals surface area contributed by atoms with Gasteiger partial charge in [0, 0.05) is 16.2 Å². The molecular weight excluding hydrogens is 316 g/mol. The lowest BCUT2D eigenvalue weighted by molar-refractivity contribution is 0.102. The average Bonchev–Trinajstić information content (AvgIpc) is 2.50. The monoisotopic (exact) mass is 334 g/mol. The van der Waals surface area contributed by atoms with E-state index in [-0.39, 0.29) is 5.91 Å². The zero-order chi connectivity index (χ0) is 15.0. The van der Waals surface area contributed by atoms with Gasteiger partial charge in [-0.25, -0.2) is 4.98 Å². The lowest BCUT2D eigenvalue weighted by Gasteiger charge is -2.05. The van der Waals surface area contributed by atoms with Crippen LogP contribution in [0.1, 0.15) is 36.7 Å². The molecule has 0 aliphatic rings. The lowest BCUT2D eigenvalue weighted by atomic mass is 10.2. The van der Waals surface area contributed by atoms with Gasteiger partial charge in [0.2, 0.25) is 0 Å². The first kappa shape index (κ1) is 16.4. The molecule has 3 nitrogen and oxygen atoms in total. The molecular formula is C16H19BrN2O. The Morgan fingerprint density at radius 2 is 1.85 bits per heavy atom. The van der Waals surface area contributed by atoms with E-state index in [9.17, 15) is 4.79 Å². The minimum absolute atomic E-state index is 0.150. The number of carbonyl (C=O) groups excluding carboxylic acids is 1. The van der Waals surface area contributed by atoms with Crippen molar-refractivity contribution in [2.24, 2.45) is 0 Å². The maximum Gasteiger partial charge on any atom is 0.256 e. The van der Waals surface area contributed by atoms with E-state index in [0.29, 0.717) is 11.4 Å². The first-order chi connectivity index (χ1) is 9.69. The van der Waals surface area contributed by atoms with Gasteiger partial charge in [0.15, 0.2) is 0 Å². The van der Waals surface area contributed by atoms with Gasteiger partial charge in [-0.3, -0.25) is 4.79 Å². The summed E-state index contributed by atoms with van der Waals surface area (Å²) in [6.07, 6.45) is 2.62. The summed E-state index contributed by atoms with van der Waals surface area (Å²) < 4.78 is 0.949. The van der Waals surface area contributed by atoms with Crippen molar-refractivity contribution >= 4 is 27.7 Å². The van der Waals surface area contributed by atoms with E-state index in [0.717, 1.165) is 16.5 Å². The van der Waals surface area contributed by atoms with E-state index in [1.165, 1.54) is 0 Å². The van der Waals surface area contributed by atoms with E-state index >= 15 is 0 Å². The van der Waals surface area contributed by atoms with Gasteiger partial charge in [-0.2, -0.15) is 0 Å². The highest BCUT2D eigenvalue weighted by molar-refractivity contribution is 9.10. The second kappa shape index (κ2) is 8.48. The fourth-order valence-corrected chi connectivity index (χ4v) is 1.82. The average molecular weight is 335 g/mol. The maximum atomic E-state index is 12.0. The van der Waals surface area contributed by atoms with Crippen LogP contribution in [0.25, 0.3) is 0 Å². The predicted molar refractivity (Wildman–Crippen MR) is 87.1 cm³/mol. The molecule has 1 amide bonds. The van der Waals surface area contributed by atoms with Crippen LogP contribution in [-0.4, -0.2) is 10.9 Å². The van der Waals surface area contributed by atoms with Crippen LogP contribution in [0.2, 0.25) is 0 Å². The Labute approximate surface area is 128 Å². The molecule has 0 aliphatic heterocycles. The second-order valence-electron chi connectivity index (χ2n) is 3.86. The molecule has 2 rings (SSSR count). The van der Waals surface area contributed by atoms with Gasteiger partial charge >= 0.3 is 0 Å². The third-order valence-electron chi connectivity index (χ3n) is 2.58. The molecule has 1 aromatic carbocycles. The minimum Gasteiger partial charge on any atom is -0.307 e. The van der Waals surface area contributed by atoms with Crippen molar-refractivity contribution in [3.8, 4) is 0 Å². The molecule has 1 aromatic heterocycles. The Bertz CT molecular complexity index is 553. The van der Waals surface area contributed by atoms with Gasteiger partial charge in [-0.1, -0.05) is 36.7 Å². The third kappa shape index (κ3) is 4.78. The van der Waals surface area contributed by atoms with E-state index in [4.69, 9.17) is 0 Å². The zero-order valence-corrected chi connectivity index (χ0v) is 13.6. The quantitative estimate of drug-likeness (QED) is 0.884. The first-order valence-electron chi connectivity index (χ1n) is 6.71. The molecule has 4 heteroatoms. The molecule has 0 spiro atoms. The molecule has 1 heterocycles. The topological polar surface area (TPSA) is 42.0 Å². The molecule has 0 aliphatic carbocycles.